The number of hydrogen-bond donors (Lipinski definition) is 1. The Kier molecular flexibility index (Phi) is 4.39. The molecule has 21 heavy (non-hydrogen) atoms. The Bertz CT molecular complexity index is 589. The second kappa shape index (κ2) is 5.77. The summed E-state index contributed by atoms with van der Waals surface area (Å²) in [4.78, 5) is 5.23. The van der Waals surface area contributed by atoms with Crippen LogP contribution in [-0.4, -0.2) is 10.1 Å². The highest BCUT2D eigenvalue weighted by molar-refractivity contribution is 7.15. The average Bonchev–Trinajstić information content (AvgIpc) is 2.83. The van der Waals surface area contributed by atoms with Crippen LogP contribution in [0.4, 0.5) is 13.2 Å². The predicted molar refractivity (Wildman–Crippen MR) is 77.3 cm³/mol. The molecule has 6 heteroatoms. The van der Waals surface area contributed by atoms with Crippen LogP contribution < -0.4 is 0 Å². The summed E-state index contributed by atoms with van der Waals surface area (Å²) < 4.78 is 37.7. The van der Waals surface area contributed by atoms with Gasteiger partial charge in [0, 0.05) is 5.56 Å². The molecule has 2 aromatic rings. The number of halogens is 3. The van der Waals surface area contributed by atoms with E-state index in [2.05, 4.69) is 4.98 Å². The van der Waals surface area contributed by atoms with E-state index in [-0.39, 0.29) is 5.92 Å². The van der Waals surface area contributed by atoms with Gasteiger partial charge in [-0.3, -0.25) is 0 Å². The number of nitrogens with zero attached hydrogens (tertiary/aromatic N) is 1. The van der Waals surface area contributed by atoms with Crippen molar-refractivity contribution in [1.82, 2.24) is 4.98 Å². The van der Waals surface area contributed by atoms with Gasteiger partial charge in [-0.25, -0.2) is 4.98 Å². The van der Waals surface area contributed by atoms with Crippen molar-refractivity contribution in [2.45, 2.75) is 39.0 Å². The van der Waals surface area contributed by atoms with Crippen LogP contribution in [0.1, 0.15) is 48.9 Å². The maximum atomic E-state index is 12.6. The number of thiazole rings is 1. The predicted octanol–water partition coefficient (Wildman–Crippen LogP) is 5.01. The first-order chi connectivity index (χ1) is 9.70. The Morgan fingerprint density at radius 2 is 1.67 bits per heavy atom. The average molecular weight is 315 g/mol. The number of alkyl halides is 3. The lowest BCUT2D eigenvalue weighted by Gasteiger charge is -2.06. The van der Waals surface area contributed by atoms with E-state index in [0.29, 0.717) is 10.6 Å². The van der Waals surface area contributed by atoms with Crippen molar-refractivity contribution in [3.8, 4) is 10.6 Å². The molecule has 1 heterocycles. The summed E-state index contributed by atoms with van der Waals surface area (Å²) in [5.74, 6) is 0.147. The van der Waals surface area contributed by atoms with Crippen LogP contribution in [0.5, 0.6) is 0 Å². The summed E-state index contributed by atoms with van der Waals surface area (Å²) in [6, 6.07) is 4.93. The minimum Gasteiger partial charge on any atom is -0.388 e. The summed E-state index contributed by atoms with van der Waals surface area (Å²) in [5, 5.41) is 10.4. The summed E-state index contributed by atoms with van der Waals surface area (Å²) in [6.45, 7) is 5.60. The molecule has 1 aromatic carbocycles. The van der Waals surface area contributed by atoms with E-state index in [1.54, 1.807) is 6.92 Å². The summed E-state index contributed by atoms with van der Waals surface area (Å²) in [6.07, 6.45) is -4.97. The van der Waals surface area contributed by atoms with Gasteiger partial charge in [0.05, 0.1) is 22.2 Å². The van der Waals surface area contributed by atoms with Crippen molar-refractivity contribution in [2.75, 3.05) is 0 Å². The lowest BCUT2D eigenvalue weighted by molar-refractivity contribution is -0.137. The number of aromatic nitrogens is 1. The first kappa shape index (κ1) is 16.0. The second-order valence-electron chi connectivity index (χ2n) is 5.17. The topological polar surface area (TPSA) is 33.1 Å². The molecule has 0 bridgehead atoms. The molecular weight excluding hydrogens is 299 g/mol. The Morgan fingerprint density at radius 1 is 1.10 bits per heavy atom. The minimum absolute atomic E-state index is 0.147. The highest BCUT2D eigenvalue weighted by atomic mass is 32.1. The van der Waals surface area contributed by atoms with E-state index in [1.807, 2.05) is 13.8 Å². The van der Waals surface area contributed by atoms with E-state index >= 15 is 0 Å². The maximum absolute atomic E-state index is 12.6. The quantitative estimate of drug-likeness (QED) is 0.864. The van der Waals surface area contributed by atoms with Crippen LogP contribution in [0.3, 0.4) is 0 Å². The van der Waals surface area contributed by atoms with Crippen molar-refractivity contribution < 1.29 is 18.3 Å². The Labute approximate surface area is 125 Å². The Hall–Kier alpha value is -1.40. The van der Waals surface area contributed by atoms with Crippen LogP contribution in [0.15, 0.2) is 24.3 Å². The van der Waals surface area contributed by atoms with Crippen molar-refractivity contribution >= 4 is 11.3 Å². The summed E-state index contributed by atoms with van der Waals surface area (Å²) in [5.41, 5.74) is 0.745. The lowest BCUT2D eigenvalue weighted by Crippen LogP contribution is -2.03. The van der Waals surface area contributed by atoms with Gasteiger partial charge in [-0.1, -0.05) is 26.0 Å². The van der Waals surface area contributed by atoms with Crippen molar-refractivity contribution in [3.05, 3.63) is 40.4 Å². The number of benzene rings is 1. The number of aliphatic hydroxyl groups excluding tert-OH is 1. The number of rotatable bonds is 3. The molecule has 0 saturated carbocycles. The van der Waals surface area contributed by atoms with Gasteiger partial charge in [0.15, 0.2) is 0 Å². The zero-order chi connectivity index (χ0) is 15.8. The summed E-state index contributed by atoms with van der Waals surface area (Å²) >= 11 is 1.32. The maximum Gasteiger partial charge on any atom is 0.416 e. The number of aliphatic hydroxyl groups is 1. The molecule has 114 valence electrons. The van der Waals surface area contributed by atoms with E-state index in [1.165, 1.54) is 23.5 Å². The molecule has 0 aliphatic rings. The first-order valence-corrected chi connectivity index (χ1v) is 7.38. The fourth-order valence-electron chi connectivity index (χ4n) is 1.98. The number of hydrogen-bond acceptors (Lipinski definition) is 3. The van der Waals surface area contributed by atoms with E-state index in [0.717, 1.165) is 22.7 Å². The smallest absolute Gasteiger partial charge is 0.388 e. The van der Waals surface area contributed by atoms with Gasteiger partial charge >= 0.3 is 6.18 Å². The largest absolute Gasteiger partial charge is 0.416 e. The van der Waals surface area contributed by atoms with Crippen LogP contribution in [-0.2, 0) is 6.18 Å². The second-order valence-corrected chi connectivity index (χ2v) is 6.20. The molecule has 1 N–H and O–H groups in total. The van der Waals surface area contributed by atoms with Crippen LogP contribution >= 0.6 is 11.3 Å². The molecule has 0 aliphatic carbocycles. The molecule has 1 atom stereocenters. The first-order valence-electron chi connectivity index (χ1n) is 6.56. The fraction of sp³-hybridized carbons (Fsp3) is 0.400. The van der Waals surface area contributed by atoms with Crippen molar-refractivity contribution in [1.29, 1.82) is 0 Å². The van der Waals surface area contributed by atoms with Crippen molar-refractivity contribution in [3.63, 3.8) is 0 Å². The normalized spacial score (nSPS) is 13.7. The molecular formula is C15H16F3NOS. The molecule has 2 nitrogen and oxygen atoms in total. The molecule has 0 radical (unpaired) electrons. The van der Waals surface area contributed by atoms with Gasteiger partial charge in [0.1, 0.15) is 5.01 Å². The third kappa shape index (κ3) is 3.44. The Balaban J connectivity index is 2.41. The van der Waals surface area contributed by atoms with E-state index in [4.69, 9.17) is 0 Å². The molecule has 1 unspecified atom stereocenters. The standard InChI is InChI=1S/C15H16F3NOS/c1-8(2)12-13(9(3)20)21-14(19-12)10-4-6-11(7-5-10)15(16,17)18/h4-9,20H,1-3H3. The van der Waals surface area contributed by atoms with E-state index < -0.39 is 17.8 Å². The van der Waals surface area contributed by atoms with Crippen LogP contribution in [0.2, 0.25) is 0 Å². The van der Waals surface area contributed by atoms with Gasteiger partial charge in [0.25, 0.3) is 0 Å². The molecule has 2 rings (SSSR count). The van der Waals surface area contributed by atoms with E-state index in [9.17, 15) is 18.3 Å². The molecule has 0 saturated heterocycles. The highest BCUT2D eigenvalue weighted by Gasteiger charge is 2.30. The fourth-order valence-corrected chi connectivity index (χ4v) is 3.14. The monoisotopic (exact) mass is 315 g/mol. The third-order valence-corrected chi connectivity index (χ3v) is 4.36. The molecule has 0 aliphatic heterocycles. The highest BCUT2D eigenvalue weighted by Crippen LogP contribution is 2.36. The van der Waals surface area contributed by atoms with Crippen LogP contribution in [0, 0.1) is 0 Å². The minimum atomic E-state index is -4.34. The van der Waals surface area contributed by atoms with Gasteiger partial charge in [-0.05, 0) is 25.0 Å². The lowest BCUT2D eigenvalue weighted by atomic mass is 10.1. The SMILES string of the molecule is CC(C)c1nc(-c2ccc(C(F)(F)F)cc2)sc1C(C)O. The van der Waals surface area contributed by atoms with Crippen LogP contribution in [0.25, 0.3) is 10.6 Å². The molecule has 0 fully saturated rings. The third-order valence-electron chi connectivity index (χ3n) is 3.07. The zero-order valence-corrected chi connectivity index (χ0v) is 12.7. The molecule has 1 aromatic heterocycles. The summed E-state index contributed by atoms with van der Waals surface area (Å²) in [7, 11) is 0. The van der Waals surface area contributed by atoms with Gasteiger partial charge < -0.3 is 5.11 Å². The van der Waals surface area contributed by atoms with Gasteiger partial charge in [-0.2, -0.15) is 13.2 Å². The molecule has 0 spiro atoms. The van der Waals surface area contributed by atoms with Gasteiger partial charge in [-0.15, -0.1) is 11.3 Å². The molecule has 0 amide bonds. The zero-order valence-electron chi connectivity index (χ0n) is 11.9. The Morgan fingerprint density at radius 3 is 2.05 bits per heavy atom. The van der Waals surface area contributed by atoms with Crippen molar-refractivity contribution in [2.24, 2.45) is 0 Å². The van der Waals surface area contributed by atoms with Gasteiger partial charge in [0.2, 0.25) is 0 Å².